The Morgan fingerprint density at radius 3 is 2.58 bits per heavy atom. The Hall–Kier alpha value is -2.22. The number of rotatable bonds is 5. The molecule has 140 valence electrons. The van der Waals surface area contributed by atoms with E-state index in [0.717, 1.165) is 37.7 Å². The van der Waals surface area contributed by atoms with E-state index in [2.05, 4.69) is 6.07 Å². The molecule has 0 aliphatic heterocycles. The first kappa shape index (κ1) is 18.6. The largest absolute Gasteiger partial charge is 0.493 e. The number of esters is 1. The fraction of sp³-hybridized carbons (Fsp3) is 0.619. The van der Waals surface area contributed by atoms with Gasteiger partial charge >= 0.3 is 5.97 Å². The predicted molar refractivity (Wildman–Crippen MR) is 97.1 cm³/mol. The standard InChI is InChI=1S/C21H27NO4/c1-24-18-10-9-16(12-19(18)26-17-7-3-4-8-17)21(14-22)11-5-6-15(13-21)20(23)25-2/h9-10,12,15,17H,3-8,11,13H2,1-2H3/t15-,21-/m1/s1. The molecule has 0 spiro atoms. The van der Waals surface area contributed by atoms with Crippen molar-refractivity contribution in [1.82, 2.24) is 0 Å². The second kappa shape index (κ2) is 7.99. The van der Waals surface area contributed by atoms with E-state index in [0.29, 0.717) is 17.9 Å². The van der Waals surface area contributed by atoms with Crippen molar-refractivity contribution in [2.45, 2.75) is 62.9 Å². The molecule has 5 heteroatoms. The molecular formula is C21H27NO4. The highest BCUT2D eigenvalue weighted by Crippen LogP contribution is 2.44. The lowest BCUT2D eigenvalue weighted by Gasteiger charge is -2.35. The quantitative estimate of drug-likeness (QED) is 0.741. The molecular weight excluding hydrogens is 330 g/mol. The van der Waals surface area contributed by atoms with E-state index in [1.807, 2.05) is 18.2 Å². The van der Waals surface area contributed by atoms with Crippen LogP contribution in [0.1, 0.15) is 56.9 Å². The van der Waals surface area contributed by atoms with Gasteiger partial charge in [-0.15, -0.1) is 0 Å². The van der Waals surface area contributed by atoms with Crippen LogP contribution < -0.4 is 9.47 Å². The number of benzene rings is 1. The number of methoxy groups -OCH3 is 2. The molecule has 3 rings (SSSR count). The molecule has 2 aliphatic rings. The van der Waals surface area contributed by atoms with Gasteiger partial charge in [-0.1, -0.05) is 12.5 Å². The highest BCUT2D eigenvalue weighted by atomic mass is 16.5. The third kappa shape index (κ3) is 3.65. The first-order chi connectivity index (χ1) is 12.6. The number of carbonyl (C=O) groups excluding carboxylic acids is 1. The van der Waals surface area contributed by atoms with Gasteiger partial charge in [0.1, 0.15) is 0 Å². The molecule has 1 aromatic carbocycles. The number of hydrogen-bond donors (Lipinski definition) is 0. The molecule has 2 fully saturated rings. The van der Waals surface area contributed by atoms with Gasteiger partial charge in [0.25, 0.3) is 0 Å². The Bertz CT molecular complexity index is 690. The molecule has 0 N–H and O–H groups in total. The average molecular weight is 357 g/mol. The van der Waals surface area contributed by atoms with Crippen LogP contribution in [0.25, 0.3) is 0 Å². The van der Waals surface area contributed by atoms with Crippen LogP contribution in [0.3, 0.4) is 0 Å². The molecule has 2 saturated carbocycles. The predicted octanol–water partition coefficient (Wildman–Crippen LogP) is 4.14. The molecule has 0 heterocycles. The van der Waals surface area contributed by atoms with E-state index in [4.69, 9.17) is 14.2 Å². The zero-order valence-electron chi connectivity index (χ0n) is 15.6. The van der Waals surface area contributed by atoms with Gasteiger partial charge in [-0.25, -0.2) is 0 Å². The average Bonchev–Trinajstić information content (AvgIpc) is 3.20. The van der Waals surface area contributed by atoms with Crippen LogP contribution in [-0.2, 0) is 14.9 Å². The van der Waals surface area contributed by atoms with Crippen LogP contribution in [0.15, 0.2) is 18.2 Å². The molecule has 0 saturated heterocycles. The zero-order valence-corrected chi connectivity index (χ0v) is 15.6. The SMILES string of the molecule is COC(=O)[C@@H]1CCC[C@@](C#N)(c2ccc(OC)c(OC3CCCC3)c2)C1. The summed E-state index contributed by atoms with van der Waals surface area (Å²) in [6.45, 7) is 0. The first-order valence-corrected chi connectivity index (χ1v) is 9.46. The minimum Gasteiger partial charge on any atom is -0.493 e. The Morgan fingerprint density at radius 2 is 1.92 bits per heavy atom. The van der Waals surface area contributed by atoms with Gasteiger partial charge in [-0.05, 0) is 62.6 Å². The third-order valence-corrected chi connectivity index (χ3v) is 5.81. The molecule has 0 bridgehead atoms. The van der Waals surface area contributed by atoms with Crippen molar-refractivity contribution in [3.05, 3.63) is 23.8 Å². The third-order valence-electron chi connectivity index (χ3n) is 5.81. The van der Waals surface area contributed by atoms with Crippen molar-refractivity contribution in [1.29, 1.82) is 5.26 Å². The number of nitriles is 1. The minimum atomic E-state index is -0.683. The van der Waals surface area contributed by atoms with Gasteiger partial charge in [0.2, 0.25) is 0 Å². The molecule has 5 nitrogen and oxygen atoms in total. The van der Waals surface area contributed by atoms with E-state index in [-0.39, 0.29) is 18.0 Å². The van der Waals surface area contributed by atoms with Crippen molar-refractivity contribution < 1.29 is 19.0 Å². The minimum absolute atomic E-state index is 0.214. The molecule has 26 heavy (non-hydrogen) atoms. The van der Waals surface area contributed by atoms with E-state index < -0.39 is 5.41 Å². The second-order valence-electron chi connectivity index (χ2n) is 7.40. The van der Waals surface area contributed by atoms with Gasteiger partial charge in [-0.2, -0.15) is 5.26 Å². The molecule has 1 aromatic rings. The van der Waals surface area contributed by atoms with E-state index in [1.165, 1.54) is 20.0 Å². The Balaban J connectivity index is 1.90. The van der Waals surface area contributed by atoms with Crippen molar-refractivity contribution in [3.63, 3.8) is 0 Å². The van der Waals surface area contributed by atoms with Gasteiger partial charge in [0, 0.05) is 0 Å². The van der Waals surface area contributed by atoms with Crippen LogP contribution in [0, 0.1) is 17.2 Å². The summed E-state index contributed by atoms with van der Waals surface area (Å²) in [5.41, 5.74) is 0.222. The van der Waals surface area contributed by atoms with Crippen LogP contribution in [0.4, 0.5) is 0 Å². The summed E-state index contributed by atoms with van der Waals surface area (Å²) < 4.78 is 16.6. The summed E-state index contributed by atoms with van der Waals surface area (Å²) in [4.78, 5) is 12.0. The van der Waals surface area contributed by atoms with Crippen LogP contribution in [0.2, 0.25) is 0 Å². The summed E-state index contributed by atoms with van der Waals surface area (Å²) in [5, 5.41) is 9.99. The summed E-state index contributed by atoms with van der Waals surface area (Å²) in [7, 11) is 3.04. The lowest BCUT2D eigenvalue weighted by molar-refractivity contribution is -0.147. The fourth-order valence-electron chi connectivity index (χ4n) is 4.32. The maximum Gasteiger partial charge on any atom is 0.308 e. The first-order valence-electron chi connectivity index (χ1n) is 9.46. The smallest absolute Gasteiger partial charge is 0.308 e. The summed E-state index contributed by atoms with van der Waals surface area (Å²) in [6.07, 6.45) is 7.55. The zero-order chi connectivity index (χ0) is 18.6. The highest BCUT2D eigenvalue weighted by molar-refractivity contribution is 5.73. The summed E-state index contributed by atoms with van der Waals surface area (Å²) >= 11 is 0. The van der Waals surface area contributed by atoms with E-state index in [1.54, 1.807) is 7.11 Å². The number of ether oxygens (including phenoxy) is 3. The normalized spacial score (nSPS) is 26.1. The van der Waals surface area contributed by atoms with Crippen molar-refractivity contribution in [3.8, 4) is 17.6 Å². The monoisotopic (exact) mass is 357 g/mol. The molecule has 0 aromatic heterocycles. The maximum absolute atomic E-state index is 12.0. The van der Waals surface area contributed by atoms with Crippen LogP contribution >= 0.6 is 0 Å². The fourth-order valence-corrected chi connectivity index (χ4v) is 4.32. The number of carbonyl (C=O) groups is 1. The second-order valence-corrected chi connectivity index (χ2v) is 7.40. The number of hydrogen-bond acceptors (Lipinski definition) is 5. The molecule has 0 unspecified atom stereocenters. The van der Waals surface area contributed by atoms with E-state index in [9.17, 15) is 10.1 Å². The van der Waals surface area contributed by atoms with Gasteiger partial charge < -0.3 is 14.2 Å². The molecule has 0 radical (unpaired) electrons. The topological polar surface area (TPSA) is 68.6 Å². The van der Waals surface area contributed by atoms with Crippen molar-refractivity contribution in [2.24, 2.45) is 5.92 Å². The van der Waals surface area contributed by atoms with Crippen LogP contribution in [-0.4, -0.2) is 26.3 Å². The van der Waals surface area contributed by atoms with Crippen molar-refractivity contribution in [2.75, 3.05) is 14.2 Å². The van der Waals surface area contributed by atoms with E-state index >= 15 is 0 Å². The van der Waals surface area contributed by atoms with Gasteiger partial charge in [-0.3, -0.25) is 4.79 Å². The lowest BCUT2D eigenvalue weighted by atomic mass is 9.66. The Kier molecular flexibility index (Phi) is 5.70. The van der Waals surface area contributed by atoms with Crippen molar-refractivity contribution >= 4 is 5.97 Å². The molecule has 2 aliphatic carbocycles. The lowest BCUT2D eigenvalue weighted by Crippen LogP contribution is -2.35. The maximum atomic E-state index is 12.0. The number of nitrogens with zero attached hydrogens (tertiary/aromatic N) is 1. The van der Waals surface area contributed by atoms with Crippen LogP contribution in [0.5, 0.6) is 11.5 Å². The van der Waals surface area contributed by atoms with Gasteiger partial charge in [0.05, 0.1) is 37.7 Å². The molecule has 2 atom stereocenters. The summed E-state index contributed by atoms with van der Waals surface area (Å²) in [6, 6.07) is 8.25. The Labute approximate surface area is 155 Å². The molecule has 0 amide bonds. The highest BCUT2D eigenvalue weighted by Gasteiger charge is 2.41. The summed E-state index contributed by atoms with van der Waals surface area (Å²) in [5.74, 6) is 0.941. The van der Waals surface area contributed by atoms with Gasteiger partial charge in [0.15, 0.2) is 11.5 Å². The Morgan fingerprint density at radius 1 is 1.15 bits per heavy atom.